The van der Waals surface area contributed by atoms with Gasteiger partial charge in [-0.05, 0) is 262 Å². The van der Waals surface area contributed by atoms with Crippen molar-refractivity contribution in [3.8, 4) is 0 Å². The first-order valence-corrected chi connectivity index (χ1v) is 33.0. The normalized spacial score (nSPS) is 35.4. The lowest BCUT2D eigenvalue weighted by Gasteiger charge is -2.60. The van der Waals surface area contributed by atoms with Crippen LogP contribution in [0.15, 0.2) is 97.6 Å². The first kappa shape index (κ1) is 52.9. The molecule has 0 amide bonds. The topological polar surface area (TPSA) is 19.6 Å². The lowest BCUT2D eigenvalue weighted by molar-refractivity contribution is -0.0326. The average Bonchev–Trinajstić information content (AvgIpc) is 3.44. The van der Waals surface area contributed by atoms with E-state index < -0.39 is 0 Å². The lowest BCUT2D eigenvalue weighted by Crippen LogP contribution is -2.60. The Morgan fingerprint density at radius 1 is 0.550 bits per heavy atom. The van der Waals surface area contributed by atoms with Gasteiger partial charge in [-0.1, -0.05) is 153 Å². The third kappa shape index (κ3) is 7.28. The van der Waals surface area contributed by atoms with E-state index in [1.54, 1.807) is 55.7 Å². The van der Waals surface area contributed by atoms with Gasteiger partial charge in [0.25, 0.3) is 6.71 Å². The SMILES string of the molecule is Cc1cc2c(cc1N1c3c(oc4cc5c(cc34)C(C)(C)CCC5(C)C)B3C4=C(CC5C(=C4)C(C)(C)CCC5(C)C)N(C4C=C5C(=CC4C)C(C)(C)CCC5(C)C)C4=C3C1CC(C13CC5CC(CC(C5)C1)C3)=C4)C(C)(C)CCC2(C)C. The summed E-state index contributed by atoms with van der Waals surface area (Å²) in [5.41, 5.74) is 27.1. The van der Waals surface area contributed by atoms with E-state index in [1.807, 2.05) is 5.57 Å². The third-order valence-electron chi connectivity index (χ3n) is 26.4. The molecule has 16 rings (SSSR count). The number of hydrogen-bond acceptors (Lipinski definition) is 3. The molecule has 1 aromatic heterocycles. The second-order valence-electron chi connectivity index (χ2n) is 35.4. The van der Waals surface area contributed by atoms with Crippen molar-refractivity contribution in [3.05, 3.63) is 121 Å². The molecule has 6 fully saturated rings. The van der Waals surface area contributed by atoms with Gasteiger partial charge in [-0.25, -0.2) is 0 Å². The van der Waals surface area contributed by atoms with Gasteiger partial charge in [-0.2, -0.15) is 0 Å². The van der Waals surface area contributed by atoms with E-state index in [9.17, 15) is 0 Å². The largest absolute Gasteiger partial charge is 0.468 e. The Balaban J connectivity index is 1.07. The molecule has 3 heterocycles. The molecule has 11 aliphatic carbocycles. The second-order valence-corrected chi connectivity index (χ2v) is 35.4. The van der Waals surface area contributed by atoms with Gasteiger partial charge in [0.15, 0.2) is 0 Å². The second kappa shape index (κ2) is 16.3. The van der Waals surface area contributed by atoms with Gasteiger partial charge in [0.05, 0.1) is 23.4 Å². The van der Waals surface area contributed by atoms with Crippen LogP contribution in [0.3, 0.4) is 0 Å². The maximum Gasteiger partial charge on any atom is 0.292 e. The molecule has 2 aliphatic heterocycles. The highest BCUT2D eigenvalue weighted by Gasteiger charge is 2.60. The maximum absolute atomic E-state index is 8.06. The summed E-state index contributed by atoms with van der Waals surface area (Å²) in [6.45, 7) is 46.0. The maximum atomic E-state index is 8.06. The molecule has 6 saturated carbocycles. The molecule has 80 heavy (non-hydrogen) atoms. The number of fused-ring (bicyclic) bond motifs is 9. The molecule has 3 nitrogen and oxygen atoms in total. The van der Waals surface area contributed by atoms with Gasteiger partial charge >= 0.3 is 0 Å². The number of hydrogen-bond donors (Lipinski definition) is 0. The van der Waals surface area contributed by atoms with Crippen molar-refractivity contribution in [2.45, 2.75) is 261 Å². The number of allylic oxidation sites excluding steroid dienone is 7. The van der Waals surface area contributed by atoms with E-state index in [0.29, 0.717) is 11.8 Å². The fourth-order valence-corrected chi connectivity index (χ4v) is 21.2. The number of aryl methyl sites for hydroxylation is 1. The number of benzene rings is 2. The van der Waals surface area contributed by atoms with E-state index >= 15 is 0 Å². The predicted octanol–water partition coefficient (Wildman–Crippen LogP) is 19.6. The van der Waals surface area contributed by atoms with Gasteiger partial charge < -0.3 is 14.2 Å². The van der Waals surface area contributed by atoms with Crippen LogP contribution in [0.5, 0.6) is 0 Å². The van der Waals surface area contributed by atoms with Crippen LogP contribution in [0.2, 0.25) is 0 Å². The van der Waals surface area contributed by atoms with Crippen molar-refractivity contribution in [3.63, 3.8) is 0 Å². The van der Waals surface area contributed by atoms with Crippen molar-refractivity contribution >= 4 is 34.7 Å². The summed E-state index contributed by atoms with van der Waals surface area (Å²) in [5.74, 6) is 3.47. The molecule has 4 unspecified atom stereocenters. The number of nitrogens with zero attached hydrogens (tertiary/aromatic N) is 2. The highest BCUT2D eigenvalue weighted by Crippen LogP contribution is 2.67. The smallest absolute Gasteiger partial charge is 0.292 e. The molecule has 4 bridgehead atoms. The lowest BCUT2D eigenvalue weighted by atomic mass is 9.31. The number of furan rings is 1. The minimum absolute atomic E-state index is 0.0393. The molecule has 0 spiro atoms. The highest BCUT2D eigenvalue weighted by atomic mass is 16.3. The molecule has 4 heteroatoms. The summed E-state index contributed by atoms with van der Waals surface area (Å²) < 4.78 is 8.06. The summed E-state index contributed by atoms with van der Waals surface area (Å²) in [7, 11) is 0. The summed E-state index contributed by atoms with van der Waals surface area (Å²) in [6, 6.07) is 11.1. The van der Waals surface area contributed by atoms with Crippen LogP contribution >= 0.6 is 0 Å². The molecule has 0 N–H and O–H groups in total. The van der Waals surface area contributed by atoms with Crippen molar-refractivity contribution in [1.82, 2.24) is 4.90 Å². The van der Waals surface area contributed by atoms with E-state index in [1.165, 1.54) is 123 Å². The zero-order chi connectivity index (χ0) is 56.3. The Hall–Kier alpha value is -3.92. The molecule has 3 aromatic rings. The van der Waals surface area contributed by atoms with Gasteiger partial charge in [0.1, 0.15) is 5.58 Å². The molecular formula is C76H101BN2O. The molecule has 4 atom stereocenters. The van der Waals surface area contributed by atoms with E-state index in [4.69, 9.17) is 4.42 Å². The van der Waals surface area contributed by atoms with Crippen molar-refractivity contribution in [1.29, 1.82) is 0 Å². The van der Waals surface area contributed by atoms with E-state index in [-0.39, 0.29) is 67.5 Å². The monoisotopic (exact) mass is 1070 g/mol. The number of rotatable bonds is 3. The van der Waals surface area contributed by atoms with E-state index in [2.05, 4.69) is 183 Å². The van der Waals surface area contributed by atoms with E-state index in [0.717, 1.165) is 36.2 Å². The summed E-state index contributed by atoms with van der Waals surface area (Å²) in [5, 5.41) is 1.35. The molecule has 0 radical (unpaired) electrons. The average molecular weight is 1070 g/mol. The Morgan fingerprint density at radius 3 is 1.68 bits per heavy atom. The fourth-order valence-electron chi connectivity index (χ4n) is 21.2. The Labute approximate surface area is 485 Å². The van der Waals surface area contributed by atoms with Gasteiger partial charge in [-0.3, -0.25) is 0 Å². The fraction of sp³-hybridized carbons (Fsp3) is 0.658. The van der Waals surface area contributed by atoms with Crippen LogP contribution < -0.4 is 10.6 Å². The van der Waals surface area contributed by atoms with Gasteiger partial charge in [-0.15, -0.1) is 0 Å². The predicted molar refractivity (Wildman–Crippen MR) is 337 cm³/mol. The Bertz CT molecular complexity index is 3410. The quantitative estimate of drug-likeness (QED) is 0.244. The van der Waals surface area contributed by atoms with Crippen LogP contribution in [0.4, 0.5) is 11.4 Å². The van der Waals surface area contributed by atoms with Crippen LogP contribution in [0, 0.1) is 63.6 Å². The van der Waals surface area contributed by atoms with Crippen molar-refractivity contribution in [2.24, 2.45) is 56.7 Å². The van der Waals surface area contributed by atoms with Crippen LogP contribution in [0.25, 0.3) is 11.0 Å². The highest BCUT2D eigenvalue weighted by molar-refractivity contribution is 6.88. The van der Waals surface area contributed by atoms with Crippen LogP contribution in [-0.4, -0.2) is 23.7 Å². The minimum Gasteiger partial charge on any atom is -0.468 e. The van der Waals surface area contributed by atoms with Crippen molar-refractivity contribution < 1.29 is 4.42 Å². The van der Waals surface area contributed by atoms with Crippen LogP contribution in [0.1, 0.15) is 248 Å². The molecular weight excluding hydrogens is 968 g/mol. The Kier molecular flexibility index (Phi) is 10.8. The first-order valence-electron chi connectivity index (χ1n) is 33.0. The first-order chi connectivity index (χ1) is 37.3. The van der Waals surface area contributed by atoms with Gasteiger partial charge in [0.2, 0.25) is 0 Å². The zero-order valence-corrected chi connectivity index (χ0v) is 53.4. The summed E-state index contributed by atoms with van der Waals surface area (Å²) in [4.78, 5) is 6.13. The molecule has 2 aromatic carbocycles. The molecule has 13 aliphatic rings. The summed E-state index contributed by atoms with van der Waals surface area (Å²) in [6.07, 6.45) is 32.1. The van der Waals surface area contributed by atoms with Gasteiger partial charge in [0, 0.05) is 22.5 Å². The zero-order valence-electron chi connectivity index (χ0n) is 53.4. The third-order valence-corrected chi connectivity index (χ3v) is 26.4. The van der Waals surface area contributed by atoms with Crippen molar-refractivity contribution in [2.75, 3.05) is 4.90 Å². The van der Waals surface area contributed by atoms with Crippen LogP contribution in [-0.2, 0) is 21.7 Å². The molecule has 424 valence electrons. The summed E-state index contributed by atoms with van der Waals surface area (Å²) >= 11 is 0. The number of anilines is 2. The Morgan fingerprint density at radius 2 is 1.07 bits per heavy atom. The molecule has 0 saturated heterocycles. The minimum atomic E-state index is 0.0393. The standard InChI is InChI=1S/C76H101BN2O/c1-43-27-50-54(72(11,12)23-19-68(50,3)4)36-59(43)78-61-38-56-53(71(9,10)22-25-74(56,15)16)35-58(61)77-65-62(78)32-48(76-40-45-29-46(41-76)31-47(30-45)42-76)33-63(65)79(60-37-55-51(28-44(60)2)69(5,6)20-24-73(55,13)14)66-49-34-52-57(39-64(49)80-67(66)77)75(17,18)26-21-70(52,7)8/h27-28,32,34-37,39,43,45-47,56,59,63H,19-26,29-31,33,38,40-42H2,1-18H3.